The third-order valence-corrected chi connectivity index (χ3v) is 14.9. The van der Waals surface area contributed by atoms with Crippen LogP contribution in [0.1, 0.15) is 97.8 Å². The van der Waals surface area contributed by atoms with E-state index < -0.39 is 229 Å². The van der Waals surface area contributed by atoms with Crippen molar-refractivity contribution >= 4 is 82.0 Å². The number of carbonyl (C=O) groups excluding carboxylic acids is 14. The lowest BCUT2D eigenvalue weighted by molar-refractivity contribution is -0.134. The molecule has 0 aliphatic carbocycles. The van der Waals surface area contributed by atoms with Gasteiger partial charge in [-0.1, -0.05) is 20.8 Å². The van der Waals surface area contributed by atoms with Gasteiger partial charge in [0.2, 0.25) is 47.3 Å². The van der Waals surface area contributed by atoms with Crippen molar-refractivity contribution < 1.29 is 67.1 Å². The molecular formula is C54H106N24O14. The van der Waals surface area contributed by atoms with Gasteiger partial charge < -0.3 is 134 Å². The van der Waals surface area contributed by atoms with Gasteiger partial charge in [-0.3, -0.25) is 67.1 Å². The minimum absolute atomic E-state index is 0.233. The van der Waals surface area contributed by atoms with Crippen LogP contribution in [0.15, 0.2) is 0 Å². The first kappa shape index (κ1) is 85.1. The van der Waals surface area contributed by atoms with Gasteiger partial charge in [0, 0.05) is 103 Å². The van der Waals surface area contributed by atoms with Crippen LogP contribution in [-0.2, 0) is 67.1 Å². The van der Waals surface area contributed by atoms with Gasteiger partial charge in [-0.05, 0) is 43.9 Å². The van der Waals surface area contributed by atoms with Crippen molar-refractivity contribution in [3.05, 3.63) is 0 Å². The SMILES string of the molecule is CC(C)(C)C(CCC(=O)C(CCC(=O)C(CCC(=O)C(N)CN)NC(=O)C(N)CN)NC(=O)C(CNC(=O)C(N)CN)NC(=O)C(N)CN)NC(=O)C(CCC(=O)C(CCC(=O)C(N)CN)NC(=O)C(N)CN)NC(=O)C(CCC(=O)C(N)CN)NC(=O)C(N)CN. The number of nitrogens with one attached hydrogen (secondary N) is 8. The van der Waals surface area contributed by atoms with E-state index >= 15 is 0 Å². The fourth-order valence-electron chi connectivity index (χ4n) is 8.40. The van der Waals surface area contributed by atoms with Crippen LogP contribution in [0, 0.1) is 5.41 Å². The second kappa shape index (κ2) is 43.9. The summed E-state index contributed by atoms with van der Waals surface area (Å²) in [6.45, 7) is 1.83. The van der Waals surface area contributed by atoms with E-state index in [1.165, 1.54) is 0 Å². The zero-order chi connectivity index (χ0) is 70.7. The van der Waals surface area contributed by atoms with Crippen LogP contribution in [0.3, 0.4) is 0 Å². The minimum atomic E-state index is -1.72. The van der Waals surface area contributed by atoms with Gasteiger partial charge in [0.05, 0.1) is 66.5 Å². The fraction of sp³-hybridized carbons (Fsp3) is 0.741. The van der Waals surface area contributed by atoms with E-state index in [2.05, 4.69) is 42.5 Å². The highest BCUT2D eigenvalue weighted by atomic mass is 16.2. The molecule has 8 amide bonds. The molecule has 0 aliphatic rings. The third-order valence-electron chi connectivity index (χ3n) is 14.9. The molecule has 0 bridgehead atoms. The van der Waals surface area contributed by atoms with Crippen molar-refractivity contribution in [1.82, 2.24) is 42.5 Å². The van der Waals surface area contributed by atoms with Crippen molar-refractivity contribution in [2.75, 3.05) is 58.9 Å². The molecule has 0 heterocycles. The van der Waals surface area contributed by atoms with Crippen LogP contribution in [0.2, 0.25) is 0 Å². The van der Waals surface area contributed by atoms with Gasteiger partial charge in [-0.2, -0.15) is 0 Å². The Morgan fingerprint density at radius 3 is 0.783 bits per heavy atom. The second-order valence-corrected chi connectivity index (χ2v) is 23.3. The van der Waals surface area contributed by atoms with Gasteiger partial charge >= 0.3 is 0 Å². The summed E-state index contributed by atoms with van der Waals surface area (Å²) >= 11 is 0. The van der Waals surface area contributed by atoms with Crippen LogP contribution in [0.5, 0.6) is 0 Å². The third kappa shape index (κ3) is 31.2. The number of carbonyl (C=O) groups is 14. The first-order chi connectivity index (χ1) is 43.0. The average molecular weight is 1320 g/mol. The molecule has 0 aliphatic heterocycles. The molecule has 0 saturated heterocycles. The highest BCUT2D eigenvalue weighted by molar-refractivity contribution is 5.98. The number of rotatable bonds is 49. The number of Topliss-reactive ketones (excluding diaryl/α,β-unsaturated/α-hetero) is 6. The maximum absolute atomic E-state index is 14.8. The van der Waals surface area contributed by atoms with Crippen LogP contribution >= 0.6 is 0 Å². The quantitative estimate of drug-likeness (QED) is 0.0269. The van der Waals surface area contributed by atoms with Gasteiger partial charge in [0.15, 0.2) is 34.7 Å². The molecule has 526 valence electrons. The largest absolute Gasteiger partial charge is 0.352 e. The lowest BCUT2D eigenvalue weighted by Crippen LogP contribution is -2.60. The van der Waals surface area contributed by atoms with E-state index in [-0.39, 0.29) is 84.5 Å². The summed E-state index contributed by atoms with van der Waals surface area (Å²) < 4.78 is 0. The molecule has 0 aromatic rings. The van der Waals surface area contributed by atoms with E-state index in [0.29, 0.717) is 0 Å². The van der Waals surface area contributed by atoms with E-state index in [1.807, 2.05) is 0 Å². The maximum Gasteiger partial charge on any atom is 0.244 e. The first-order valence-corrected chi connectivity index (χ1v) is 30.2. The molecular weight excluding hydrogens is 1210 g/mol. The Balaban J connectivity index is 7.83. The van der Waals surface area contributed by atoms with Crippen molar-refractivity contribution in [3.8, 4) is 0 Å². The standard InChI is InChI=1S/C54H106N24O14/c1-54(2,3)45(78-52(91)37(76-51(90)36(75-49(88)31(69)22-61)7-11-41(81)27(65)18-57)8-13-43(83)34(73-48(87)30(68)21-60)5-10-40(80)26(64)17-56)15-14-44(84)35(74-53(92)38(77-50(89)32(70)23-62)24-71-46(85)28(66)19-58)6-12-42(82)33(72-47(86)29(67)20-59)4-9-39(79)25(63)16-55/h25-38,45H,4-24,55-70H2,1-3H3,(H,71,85)(H,72,86)(H,73,87)(H,74,92)(H,75,88)(H,76,90)(H,77,89)(H,78,91). The van der Waals surface area contributed by atoms with Crippen LogP contribution < -0.4 is 134 Å². The highest BCUT2D eigenvalue weighted by Crippen LogP contribution is 2.25. The van der Waals surface area contributed by atoms with Crippen molar-refractivity contribution in [2.24, 2.45) is 97.2 Å². The lowest BCUT2D eigenvalue weighted by Gasteiger charge is -2.34. The molecule has 0 fully saturated rings. The van der Waals surface area contributed by atoms with Crippen LogP contribution in [0.4, 0.5) is 0 Å². The number of amides is 8. The maximum atomic E-state index is 14.8. The first-order valence-electron chi connectivity index (χ1n) is 30.2. The summed E-state index contributed by atoms with van der Waals surface area (Å²) in [4.78, 5) is 190. The Morgan fingerprint density at radius 1 is 0.261 bits per heavy atom. The average Bonchev–Trinajstić information content (AvgIpc) is 1.07. The van der Waals surface area contributed by atoms with E-state index in [1.54, 1.807) is 20.8 Å². The summed E-state index contributed by atoms with van der Waals surface area (Å²) in [7, 11) is 0. The molecule has 0 aromatic carbocycles. The number of hydrogen-bond donors (Lipinski definition) is 24. The molecule has 0 radical (unpaired) electrons. The Labute approximate surface area is 534 Å². The summed E-state index contributed by atoms with van der Waals surface area (Å²) in [5.41, 5.74) is 90.2. The molecule has 0 rings (SSSR count). The fourth-order valence-corrected chi connectivity index (χ4v) is 8.40. The predicted octanol–water partition coefficient (Wildman–Crippen LogP) is -14.1. The minimum Gasteiger partial charge on any atom is -0.352 e. The number of nitrogens with two attached hydrogens (primary N) is 16. The zero-order valence-corrected chi connectivity index (χ0v) is 53.0. The lowest BCUT2D eigenvalue weighted by atomic mass is 9.82. The molecule has 40 N–H and O–H groups in total. The summed E-state index contributed by atoms with van der Waals surface area (Å²) in [6.07, 6.45) is -5.24. The molecule has 92 heavy (non-hydrogen) atoms. The van der Waals surface area contributed by atoms with E-state index in [0.717, 1.165) is 0 Å². The summed E-state index contributed by atoms with van der Waals surface area (Å²) in [5.74, 6) is -11.7. The van der Waals surface area contributed by atoms with Gasteiger partial charge in [-0.15, -0.1) is 0 Å². The van der Waals surface area contributed by atoms with E-state index in [9.17, 15) is 67.1 Å². The number of ketones is 6. The normalized spacial score (nSPS) is 16.4. The summed E-state index contributed by atoms with van der Waals surface area (Å²) in [6, 6.07) is -20.5. The molecule has 38 heteroatoms. The van der Waals surface area contributed by atoms with Gasteiger partial charge in [-0.25, -0.2) is 0 Å². The molecule has 38 nitrogen and oxygen atoms in total. The Kier molecular flexibility index (Phi) is 40.6. The van der Waals surface area contributed by atoms with Crippen molar-refractivity contribution in [1.29, 1.82) is 0 Å². The van der Waals surface area contributed by atoms with Crippen LogP contribution in [0.25, 0.3) is 0 Å². The van der Waals surface area contributed by atoms with Gasteiger partial charge in [0.25, 0.3) is 0 Å². The molecule has 0 saturated carbocycles. The Morgan fingerprint density at radius 2 is 0.478 bits per heavy atom. The summed E-state index contributed by atoms with van der Waals surface area (Å²) in [5, 5.41) is 19.9. The Bertz CT molecular complexity index is 2470. The second-order valence-electron chi connectivity index (χ2n) is 23.3. The number of hydrogen-bond acceptors (Lipinski definition) is 30. The highest BCUT2D eigenvalue weighted by Gasteiger charge is 2.37. The molecule has 0 spiro atoms. The Hall–Kier alpha value is -6.86. The van der Waals surface area contributed by atoms with Crippen LogP contribution in [-0.4, -0.2) is 231 Å². The van der Waals surface area contributed by atoms with Gasteiger partial charge in [0.1, 0.15) is 18.1 Å². The molecule has 15 unspecified atom stereocenters. The molecule has 0 aromatic heterocycles. The zero-order valence-electron chi connectivity index (χ0n) is 53.0. The smallest absolute Gasteiger partial charge is 0.244 e. The van der Waals surface area contributed by atoms with Crippen molar-refractivity contribution in [2.45, 2.75) is 188 Å². The molecule has 15 atom stereocenters. The van der Waals surface area contributed by atoms with Crippen molar-refractivity contribution in [3.63, 3.8) is 0 Å². The monoisotopic (exact) mass is 1310 g/mol. The predicted molar refractivity (Wildman–Crippen MR) is 338 cm³/mol. The topological polar surface area (TPSA) is 752 Å². The van der Waals surface area contributed by atoms with E-state index in [4.69, 9.17) is 91.7 Å².